The number of nitriles is 1. The first-order chi connectivity index (χ1) is 14.7. The normalized spacial score (nSPS) is 11.3. The average Bonchev–Trinajstić information content (AvgIpc) is 3.45. The van der Waals surface area contributed by atoms with Crippen LogP contribution in [-0.4, -0.2) is 30.8 Å². The van der Waals surface area contributed by atoms with Crippen LogP contribution in [0.4, 0.5) is 0 Å². The molecule has 5 aromatic rings. The van der Waals surface area contributed by atoms with Crippen LogP contribution < -0.4 is 5.69 Å². The SMILES string of the molecule is N#Cc1[nH]c(=O)n(-c2c[nH]c3ccccc23)c1-c1cn(CCCO)c2ccccc12. The molecule has 3 N–H and O–H groups in total. The molecule has 0 aliphatic rings. The van der Waals surface area contributed by atoms with E-state index in [1.165, 1.54) is 0 Å². The first-order valence-corrected chi connectivity index (χ1v) is 9.73. The molecule has 7 nitrogen and oxygen atoms in total. The number of hydrogen-bond donors (Lipinski definition) is 3. The first-order valence-electron chi connectivity index (χ1n) is 9.73. The molecular formula is C23H19N5O2. The number of aromatic nitrogens is 4. The van der Waals surface area contributed by atoms with Gasteiger partial charge >= 0.3 is 5.69 Å². The Morgan fingerprint density at radius 2 is 1.83 bits per heavy atom. The van der Waals surface area contributed by atoms with Gasteiger partial charge in [0.1, 0.15) is 11.8 Å². The largest absolute Gasteiger partial charge is 0.396 e. The third-order valence-electron chi connectivity index (χ3n) is 5.42. The lowest BCUT2D eigenvalue weighted by molar-refractivity contribution is 0.280. The van der Waals surface area contributed by atoms with Gasteiger partial charge in [0.15, 0.2) is 0 Å². The van der Waals surface area contributed by atoms with E-state index in [2.05, 4.69) is 20.6 Å². The maximum Gasteiger partial charge on any atom is 0.331 e. The van der Waals surface area contributed by atoms with Crippen LogP contribution in [-0.2, 0) is 6.54 Å². The van der Waals surface area contributed by atoms with Gasteiger partial charge < -0.3 is 14.7 Å². The standard InChI is InChI=1S/C23H19N5O2/c24-12-19-22(17-14-27(10-5-11-29)20-9-4-2-6-15(17)20)28(23(30)26-19)21-13-25-18-8-3-1-7-16(18)21/h1-4,6-9,13-14,25,29H,5,10-11H2,(H,26,30). The molecule has 0 atom stereocenters. The number of benzene rings is 2. The van der Waals surface area contributed by atoms with Crippen LogP contribution in [0.15, 0.2) is 65.7 Å². The Balaban J connectivity index is 1.83. The quantitative estimate of drug-likeness (QED) is 0.423. The molecule has 0 bridgehead atoms. The van der Waals surface area contributed by atoms with Crippen molar-refractivity contribution < 1.29 is 5.11 Å². The summed E-state index contributed by atoms with van der Waals surface area (Å²) in [5, 5.41) is 20.9. The Morgan fingerprint density at radius 3 is 2.63 bits per heavy atom. The van der Waals surface area contributed by atoms with Gasteiger partial charge in [0.25, 0.3) is 0 Å². The van der Waals surface area contributed by atoms with Gasteiger partial charge in [-0.15, -0.1) is 0 Å². The van der Waals surface area contributed by atoms with E-state index in [0.29, 0.717) is 24.3 Å². The molecule has 0 aliphatic heterocycles. The Hall–Kier alpha value is -4.02. The molecule has 0 spiro atoms. The van der Waals surface area contributed by atoms with Crippen molar-refractivity contribution in [3.8, 4) is 23.0 Å². The number of imidazole rings is 1. The van der Waals surface area contributed by atoms with Crippen molar-refractivity contribution in [1.82, 2.24) is 19.1 Å². The predicted molar refractivity (Wildman–Crippen MR) is 116 cm³/mol. The summed E-state index contributed by atoms with van der Waals surface area (Å²) in [6.07, 6.45) is 4.36. The molecule has 2 aromatic carbocycles. The summed E-state index contributed by atoms with van der Waals surface area (Å²) in [5.41, 5.74) is 3.78. The lowest BCUT2D eigenvalue weighted by Gasteiger charge is -2.06. The Morgan fingerprint density at radius 1 is 1.07 bits per heavy atom. The monoisotopic (exact) mass is 397 g/mol. The third-order valence-corrected chi connectivity index (χ3v) is 5.42. The van der Waals surface area contributed by atoms with Gasteiger partial charge in [-0.2, -0.15) is 5.26 Å². The fraction of sp³-hybridized carbons (Fsp3) is 0.130. The van der Waals surface area contributed by atoms with Gasteiger partial charge in [0.05, 0.1) is 11.4 Å². The zero-order chi connectivity index (χ0) is 20.7. The van der Waals surface area contributed by atoms with Crippen molar-refractivity contribution in [3.63, 3.8) is 0 Å². The predicted octanol–water partition coefficient (Wildman–Crippen LogP) is 3.52. The number of hydrogen-bond acceptors (Lipinski definition) is 3. The number of H-pyrrole nitrogens is 2. The second kappa shape index (κ2) is 7.10. The van der Waals surface area contributed by atoms with E-state index in [4.69, 9.17) is 0 Å². The Labute approximate surface area is 171 Å². The summed E-state index contributed by atoms with van der Waals surface area (Å²) in [4.78, 5) is 18.9. The lowest BCUT2D eigenvalue weighted by atomic mass is 10.1. The van der Waals surface area contributed by atoms with Crippen LogP contribution in [0.5, 0.6) is 0 Å². The van der Waals surface area contributed by atoms with E-state index in [1.54, 1.807) is 10.8 Å². The van der Waals surface area contributed by atoms with Crippen LogP contribution in [0.25, 0.3) is 38.8 Å². The van der Waals surface area contributed by atoms with Crippen LogP contribution in [0.2, 0.25) is 0 Å². The molecule has 3 aromatic heterocycles. The zero-order valence-corrected chi connectivity index (χ0v) is 16.1. The Bertz CT molecular complexity index is 1480. The number of nitrogens with zero attached hydrogens (tertiary/aromatic N) is 3. The van der Waals surface area contributed by atoms with Crippen molar-refractivity contribution in [1.29, 1.82) is 5.26 Å². The third kappa shape index (κ3) is 2.66. The number of rotatable bonds is 5. The maximum absolute atomic E-state index is 13.0. The average molecular weight is 397 g/mol. The number of aliphatic hydroxyl groups excluding tert-OH is 1. The van der Waals surface area contributed by atoms with E-state index in [9.17, 15) is 15.2 Å². The van der Waals surface area contributed by atoms with Gasteiger partial charge in [-0.3, -0.25) is 9.55 Å². The summed E-state index contributed by atoms with van der Waals surface area (Å²) in [6.45, 7) is 0.732. The Kier molecular flexibility index (Phi) is 4.27. The fourth-order valence-corrected chi connectivity index (χ4v) is 4.10. The second-order valence-electron chi connectivity index (χ2n) is 7.15. The highest BCUT2D eigenvalue weighted by Gasteiger charge is 2.22. The number of aromatic amines is 2. The van der Waals surface area contributed by atoms with E-state index in [0.717, 1.165) is 27.4 Å². The van der Waals surface area contributed by atoms with E-state index in [-0.39, 0.29) is 18.0 Å². The van der Waals surface area contributed by atoms with Crippen molar-refractivity contribution in [2.75, 3.05) is 6.61 Å². The molecule has 7 heteroatoms. The summed E-state index contributed by atoms with van der Waals surface area (Å²) >= 11 is 0. The molecule has 5 rings (SSSR count). The summed E-state index contributed by atoms with van der Waals surface area (Å²) < 4.78 is 3.62. The smallest absolute Gasteiger partial charge is 0.331 e. The van der Waals surface area contributed by atoms with E-state index >= 15 is 0 Å². The molecule has 30 heavy (non-hydrogen) atoms. The fourth-order valence-electron chi connectivity index (χ4n) is 4.10. The van der Waals surface area contributed by atoms with Gasteiger partial charge in [-0.25, -0.2) is 4.79 Å². The van der Waals surface area contributed by atoms with Gasteiger partial charge in [-0.05, 0) is 18.6 Å². The summed E-state index contributed by atoms with van der Waals surface area (Å²) in [5.74, 6) is 0. The maximum atomic E-state index is 13.0. The van der Waals surface area contributed by atoms with Crippen molar-refractivity contribution in [3.05, 3.63) is 77.1 Å². The minimum absolute atomic E-state index is 0.0927. The molecule has 0 saturated carbocycles. The van der Waals surface area contributed by atoms with Crippen molar-refractivity contribution in [2.24, 2.45) is 0 Å². The summed E-state index contributed by atoms with van der Waals surface area (Å²) in [6, 6.07) is 17.8. The van der Waals surface area contributed by atoms with Gasteiger partial charge in [-0.1, -0.05) is 36.4 Å². The number of fused-ring (bicyclic) bond motifs is 2. The van der Waals surface area contributed by atoms with Crippen molar-refractivity contribution in [2.45, 2.75) is 13.0 Å². The topological polar surface area (TPSA) is 103 Å². The molecule has 3 heterocycles. The lowest BCUT2D eigenvalue weighted by Crippen LogP contribution is -2.15. The molecule has 0 aliphatic carbocycles. The van der Waals surface area contributed by atoms with Crippen LogP contribution in [0.3, 0.4) is 0 Å². The summed E-state index contributed by atoms with van der Waals surface area (Å²) in [7, 11) is 0. The van der Waals surface area contributed by atoms with Crippen LogP contribution in [0, 0.1) is 11.3 Å². The highest BCUT2D eigenvalue weighted by Crippen LogP contribution is 2.34. The second-order valence-corrected chi connectivity index (χ2v) is 7.15. The molecule has 0 amide bonds. The van der Waals surface area contributed by atoms with Crippen LogP contribution >= 0.6 is 0 Å². The van der Waals surface area contributed by atoms with Gasteiger partial charge in [0, 0.05) is 52.9 Å². The van der Waals surface area contributed by atoms with Crippen molar-refractivity contribution >= 4 is 21.8 Å². The number of aliphatic hydroxyl groups is 1. The number of para-hydroxylation sites is 2. The van der Waals surface area contributed by atoms with Gasteiger partial charge in [0.2, 0.25) is 0 Å². The molecule has 0 saturated heterocycles. The zero-order valence-electron chi connectivity index (χ0n) is 16.1. The minimum Gasteiger partial charge on any atom is -0.396 e. The molecule has 0 unspecified atom stereocenters. The number of nitrogens with one attached hydrogen (secondary N) is 2. The molecule has 148 valence electrons. The first kappa shape index (κ1) is 18.0. The van der Waals surface area contributed by atoms with Crippen LogP contribution in [0.1, 0.15) is 12.1 Å². The number of aryl methyl sites for hydroxylation is 1. The van der Waals surface area contributed by atoms with E-state index < -0.39 is 0 Å². The highest BCUT2D eigenvalue weighted by atomic mass is 16.3. The minimum atomic E-state index is -0.363. The molecular weight excluding hydrogens is 378 g/mol. The highest BCUT2D eigenvalue weighted by molar-refractivity contribution is 5.97. The molecule has 0 fully saturated rings. The van der Waals surface area contributed by atoms with E-state index in [1.807, 2.05) is 54.7 Å². The molecule has 0 radical (unpaired) electrons.